The second-order valence-electron chi connectivity index (χ2n) is 5.29. The average molecular weight is 200 g/mol. The van der Waals surface area contributed by atoms with Crippen LogP contribution < -0.4 is 5.73 Å². The molecule has 0 bridgehead atoms. The van der Waals surface area contributed by atoms with Gasteiger partial charge in [-0.2, -0.15) is 0 Å². The van der Waals surface area contributed by atoms with E-state index in [9.17, 15) is 0 Å². The molecule has 0 amide bonds. The lowest BCUT2D eigenvalue weighted by atomic mass is 9.92. The van der Waals surface area contributed by atoms with Gasteiger partial charge in [-0.3, -0.25) is 4.90 Å². The summed E-state index contributed by atoms with van der Waals surface area (Å²) in [5.41, 5.74) is 5.96. The van der Waals surface area contributed by atoms with Crippen LogP contribution in [0.1, 0.15) is 27.7 Å². The first-order valence-electron chi connectivity index (χ1n) is 5.50. The zero-order valence-corrected chi connectivity index (χ0v) is 9.92. The summed E-state index contributed by atoms with van der Waals surface area (Å²) < 4.78 is 5.60. The Balaban J connectivity index is 2.49. The quantitative estimate of drug-likeness (QED) is 0.741. The smallest absolute Gasteiger partial charge is 0.0674 e. The molecule has 1 saturated heterocycles. The number of hydrogen-bond donors (Lipinski definition) is 1. The third kappa shape index (κ3) is 3.23. The van der Waals surface area contributed by atoms with Crippen LogP contribution in [0.2, 0.25) is 0 Å². The van der Waals surface area contributed by atoms with Gasteiger partial charge in [0, 0.05) is 19.1 Å². The fourth-order valence-corrected chi connectivity index (χ4v) is 1.81. The summed E-state index contributed by atoms with van der Waals surface area (Å²) in [7, 11) is 0. The first kappa shape index (κ1) is 12.0. The van der Waals surface area contributed by atoms with Crippen molar-refractivity contribution in [3.8, 4) is 0 Å². The van der Waals surface area contributed by atoms with Crippen molar-refractivity contribution in [2.75, 3.05) is 26.2 Å². The molecule has 2 N–H and O–H groups in total. The summed E-state index contributed by atoms with van der Waals surface area (Å²) in [4.78, 5) is 2.49. The summed E-state index contributed by atoms with van der Waals surface area (Å²) >= 11 is 0. The number of morpholine rings is 1. The zero-order valence-electron chi connectivity index (χ0n) is 9.92. The molecule has 1 fully saturated rings. The first-order chi connectivity index (χ1) is 6.44. The van der Waals surface area contributed by atoms with Crippen molar-refractivity contribution < 1.29 is 4.74 Å². The molecule has 3 nitrogen and oxygen atoms in total. The lowest BCUT2D eigenvalue weighted by molar-refractivity contribution is -0.0594. The Morgan fingerprint density at radius 3 is 2.64 bits per heavy atom. The van der Waals surface area contributed by atoms with Crippen molar-refractivity contribution in [1.82, 2.24) is 4.90 Å². The number of hydrogen-bond acceptors (Lipinski definition) is 3. The van der Waals surface area contributed by atoms with Gasteiger partial charge in [0.05, 0.1) is 12.7 Å². The molecule has 2 atom stereocenters. The highest BCUT2D eigenvalue weighted by molar-refractivity contribution is 4.81. The van der Waals surface area contributed by atoms with Crippen LogP contribution in [0.25, 0.3) is 0 Å². The molecule has 1 aliphatic rings. The van der Waals surface area contributed by atoms with Gasteiger partial charge >= 0.3 is 0 Å². The third-order valence-corrected chi connectivity index (χ3v) is 2.92. The Bertz CT molecular complexity index is 182. The maximum atomic E-state index is 5.75. The lowest BCUT2D eigenvalue weighted by Gasteiger charge is -2.40. The Kier molecular flexibility index (Phi) is 3.93. The van der Waals surface area contributed by atoms with Crippen LogP contribution in [0.15, 0.2) is 0 Å². The Morgan fingerprint density at radius 2 is 2.07 bits per heavy atom. The molecule has 1 heterocycles. The number of nitrogens with zero attached hydrogens (tertiary/aromatic N) is 1. The zero-order chi connectivity index (χ0) is 10.8. The summed E-state index contributed by atoms with van der Waals surface area (Å²) in [5.74, 6) is 0. The minimum Gasteiger partial charge on any atom is -0.376 e. The maximum Gasteiger partial charge on any atom is 0.0674 e. The minimum atomic E-state index is 0.214. The lowest BCUT2D eigenvalue weighted by Crippen LogP contribution is -2.51. The molecule has 0 aliphatic carbocycles. The van der Waals surface area contributed by atoms with E-state index >= 15 is 0 Å². The number of ether oxygens (including phenoxy) is 1. The van der Waals surface area contributed by atoms with E-state index in [4.69, 9.17) is 10.5 Å². The van der Waals surface area contributed by atoms with E-state index in [1.54, 1.807) is 0 Å². The van der Waals surface area contributed by atoms with Gasteiger partial charge in [-0.1, -0.05) is 13.8 Å². The molecular weight excluding hydrogens is 176 g/mol. The van der Waals surface area contributed by atoms with E-state index in [1.165, 1.54) is 0 Å². The number of rotatable bonds is 3. The second kappa shape index (κ2) is 4.60. The van der Waals surface area contributed by atoms with E-state index in [0.29, 0.717) is 12.1 Å². The topological polar surface area (TPSA) is 38.5 Å². The SMILES string of the molecule is CC1CN(CC(C)(C)CN)C(C)CO1. The predicted octanol–water partition coefficient (Wildman–Crippen LogP) is 1.08. The third-order valence-electron chi connectivity index (χ3n) is 2.92. The van der Waals surface area contributed by atoms with Gasteiger partial charge in [0.25, 0.3) is 0 Å². The van der Waals surface area contributed by atoms with Crippen LogP contribution in [-0.4, -0.2) is 43.3 Å². The molecule has 14 heavy (non-hydrogen) atoms. The molecule has 0 aromatic heterocycles. The molecule has 0 radical (unpaired) electrons. The average Bonchev–Trinajstić information content (AvgIpc) is 2.11. The molecule has 2 unspecified atom stereocenters. The van der Waals surface area contributed by atoms with E-state index in [-0.39, 0.29) is 5.41 Å². The van der Waals surface area contributed by atoms with Crippen LogP contribution in [0.4, 0.5) is 0 Å². The highest BCUT2D eigenvalue weighted by Gasteiger charge is 2.28. The standard InChI is InChI=1S/C11H24N2O/c1-9-6-14-10(2)5-13(9)8-11(3,4)7-12/h9-10H,5-8,12H2,1-4H3. The van der Waals surface area contributed by atoms with Gasteiger partial charge in [-0.05, 0) is 25.8 Å². The highest BCUT2D eigenvalue weighted by Crippen LogP contribution is 2.19. The summed E-state index contributed by atoms with van der Waals surface area (Å²) in [6.07, 6.45) is 0.361. The van der Waals surface area contributed by atoms with Crippen molar-refractivity contribution in [3.05, 3.63) is 0 Å². The van der Waals surface area contributed by atoms with Crippen LogP contribution in [0.5, 0.6) is 0 Å². The predicted molar refractivity (Wildman–Crippen MR) is 59.3 cm³/mol. The molecule has 3 heteroatoms. The van der Waals surface area contributed by atoms with Crippen molar-refractivity contribution in [2.24, 2.45) is 11.1 Å². The summed E-state index contributed by atoms with van der Waals surface area (Å²) in [5, 5.41) is 0. The maximum absolute atomic E-state index is 5.75. The fourth-order valence-electron chi connectivity index (χ4n) is 1.81. The van der Waals surface area contributed by atoms with Crippen LogP contribution in [-0.2, 0) is 4.74 Å². The Morgan fingerprint density at radius 1 is 1.43 bits per heavy atom. The number of nitrogens with two attached hydrogens (primary N) is 1. The van der Waals surface area contributed by atoms with Gasteiger partial charge in [-0.25, -0.2) is 0 Å². The molecule has 0 spiro atoms. The van der Waals surface area contributed by atoms with Crippen LogP contribution in [0.3, 0.4) is 0 Å². The molecule has 0 aromatic carbocycles. The largest absolute Gasteiger partial charge is 0.376 e. The van der Waals surface area contributed by atoms with Gasteiger partial charge in [0.15, 0.2) is 0 Å². The normalized spacial score (nSPS) is 30.6. The van der Waals surface area contributed by atoms with Gasteiger partial charge in [-0.15, -0.1) is 0 Å². The van der Waals surface area contributed by atoms with Crippen LogP contribution >= 0.6 is 0 Å². The minimum absolute atomic E-state index is 0.214. The highest BCUT2D eigenvalue weighted by atomic mass is 16.5. The van der Waals surface area contributed by atoms with Crippen molar-refractivity contribution in [2.45, 2.75) is 39.8 Å². The Labute approximate surface area is 87.6 Å². The van der Waals surface area contributed by atoms with Crippen molar-refractivity contribution in [3.63, 3.8) is 0 Å². The van der Waals surface area contributed by atoms with Gasteiger partial charge in [0.2, 0.25) is 0 Å². The first-order valence-corrected chi connectivity index (χ1v) is 5.50. The molecule has 84 valence electrons. The van der Waals surface area contributed by atoms with Gasteiger partial charge in [0.1, 0.15) is 0 Å². The molecule has 1 rings (SSSR count). The van der Waals surface area contributed by atoms with E-state index < -0.39 is 0 Å². The van der Waals surface area contributed by atoms with E-state index in [1.807, 2.05) is 0 Å². The summed E-state index contributed by atoms with van der Waals surface area (Å²) in [6, 6.07) is 0.525. The van der Waals surface area contributed by atoms with Crippen molar-refractivity contribution in [1.29, 1.82) is 0 Å². The molecule has 1 aliphatic heterocycles. The van der Waals surface area contributed by atoms with Crippen LogP contribution in [0, 0.1) is 5.41 Å². The molecule has 0 aromatic rings. The fraction of sp³-hybridized carbons (Fsp3) is 1.00. The second-order valence-corrected chi connectivity index (χ2v) is 5.29. The summed E-state index contributed by atoms with van der Waals surface area (Å²) in [6.45, 7) is 12.5. The van der Waals surface area contributed by atoms with Gasteiger partial charge < -0.3 is 10.5 Å². The van der Waals surface area contributed by atoms with Crippen molar-refractivity contribution >= 4 is 0 Å². The molecule has 0 saturated carbocycles. The molecular formula is C11H24N2O. The van der Waals surface area contributed by atoms with E-state index in [0.717, 1.165) is 26.2 Å². The van der Waals surface area contributed by atoms with E-state index in [2.05, 4.69) is 32.6 Å². The monoisotopic (exact) mass is 200 g/mol. The Hall–Kier alpha value is -0.120.